The van der Waals surface area contributed by atoms with E-state index in [9.17, 15) is 9.18 Å². The number of carbonyl (C=O) groups is 1. The van der Waals surface area contributed by atoms with Gasteiger partial charge in [0.25, 0.3) is 0 Å². The van der Waals surface area contributed by atoms with Gasteiger partial charge in [-0.15, -0.1) is 0 Å². The Labute approximate surface area is 173 Å². The highest BCUT2D eigenvalue weighted by Gasteiger charge is 2.19. The number of nitrogens with one attached hydrogen (secondary N) is 1. The predicted octanol–water partition coefficient (Wildman–Crippen LogP) is 5.17. The normalized spacial score (nSPS) is 10.6. The highest BCUT2D eigenvalue weighted by molar-refractivity contribution is 5.93. The van der Waals surface area contributed by atoms with Crippen LogP contribution in [0.25, 0.3) is 0 Å². The van der Waals surface area contributed by atoms with Crippen LogP contribution in [0.4, 0.5) is 27.5 Å². The number of pyridine rings is 1. The van der Waals surface area contributed by atoms with Crippen LogP contribution in [0.2, 0.25) is 0 Å². The molecule has 0 aliphatic carbocycles. The molecule has 6 nitrogen and oxygen atoms in total. The van der Waals surface area contributed by atoms with Crippen LogP contribution in [0, 0.1) is 12.7 Å². The molecule has 2 aromatic carbocycles. The molecule has 4 aromatic rings. The lowest BCUT2D eigenvalue weighted by molar-refractivity contribution is -0.115. The first-order valence-corrected chi connectivity index (χ1v) is 9.35. The number of hydrogen-bond acceptors (Lipinski definition) is 5. The lowest BCUT2D eigenvalue weighted by Crippen LogP contribution is -2.16. The summed E-state index contributed by atoms with van der Waals surface area (Å²) < 4.78 is 18.6. The van der Waals surface area contributed by atoms with Crippen molar-refractivity contribution in [3.8, 4) is 0 Å². The van der Waals surface area contributed by atoms with Gasteiger partial charge in [0.2, 0.25) is 5.91 Å². The molecule has 2 aromatic heterocycles. The second-order valence-corrected chi connectivity index (χ2v) is 6.71. The van der Waals surface area contributed by atoms with Crippen LogP contribution in [0.1, 0.15) is 11.1 Å². The summed E-state index contributed by atoms with van der Waals surface area (Å²) in [6.07, 6.45) is 6.62. The molecule has 7 heteroatoms. The van der Waals surface area contributed by atoms with Crippen LogP contribution in [-0.2, 0) is 11.2 Å². The number of aromatic nitrogens is 2. The Balaban J connectivity index is 1.61. The highest BCUT2D eigenvalue weighted by atomic mass is 19.1. The summed E-state index contributed by atoms with van der Waals surface area (Å²) in [5.41, 5.74) is 3.90. The van der Waals surface area contributed by atoms with Crippen LogP contribution in [-0.4, -0.2) is 15.9 Å². The van der Waals surface area contributed by atoms with Crippen molar-refractivity contribution in [1.82, 2.24) is 9.97 Å². The van der Waals surface area contributed by atoms with Crippen LogP contribution in [0.5, 0.6) is 0 Å². The number of oxazole rings is 1. The summed E-state index contributed by atoms with van der Waals surface area (Å²) in [6, 6.07) is 15.6. The molecule has 2 heterocycles. The zero-order valence-corrected chi connectivity index (χ0v) is 16.2. The van der Waals surface area contributed by atoms with E-state index in [1.54, 1.807) is 30.7 Å². The predicted molar refractivity (Wildman–Crippen MR) is 112 cm³/mol. The van der Waals surface area contributed by atoms with E-state index in [-0.39, 0.29) is 18.1 Å². The van der Waals surface area contributed by atoms with Crippen molar-refractivity contribution in [2.45, 2.75) is 13.3 Å². The molecule has 0 spiro atoms. The van der Waals surface area contributed by atoms with E-state index in [0.717, 1.165) is 22.5 Å². The van der Waals surface area contributed by atoms with E-state index < -0.39 is 0 Å². The third kappa shape index (κ3) is 4.35. The van der Waals surface area contributed by atoms with E-state index in [1.807, 2.05) is 42.2 Å². The Kier molecular flexibility index (Phi) is 5.52. The molecule has 0 aliphatic rings. The van der Waals surface area contributed by atoms with Crippen molar-refractivity contribution in [2.75, 3.05) is 10.2 Å². The lowest BCUT2D eigenvalue weighted by atomic mass is 10.1. The number of carbonyl (C=O) groups excluding carboxylic acids is 1. The fraction of sp³-hybridized carbons (Fsp3) is 0.0870. The van der Waals surface area contributed by atoms with Crippen LogP contribution >= 0.6 is 0 Å². The molecular formula is C23H19FN4O2. The van der Waals surface area contributed by atoms with Crippen molar-refractivity contribution in [2.24, 2.45) is 0 Å². The van der Waals surface area contributed by atoms with E-state index in [4.69, 9.17) is 4.42 Å². The number of amides is 1. The van der Waals surface area contributed by atoms with Crippen molar-refractivity contribution < 1.29 is 13.6 Å². The molecule has 1 N–H and O–H groups in total. The summed E-state index contributed by atoms with van der Waals surface area (Å²) in [7, 11) is 0. The number of aryl methyl sites for hydroxylation is 1. The molecule has 0 saturated carbocycles. The largest absolute Gasteiger partial charge is 0.432 e. The first kappa shape index (κ1) is 19.3. The number of hydrogen-bond donors (Lipinski definition) is 1. The van der Waals surface area contributed by atoms with Gasteiger partial charge >= 0.3 is 6.01 Å². The van der Waals surface area contributed by atoms with Crippen molar-refractivity contribution in [1.29, 1.82) is 0 Å². The zero-order chi connectivity index (χ0) is 20.9. The number of rotatable bonds is 6. The van der Waals surface area contributed by atoms with Gasteiger partial charge in [-0.1, -0.05) is 18.2 Å². The van der Waals surface area contributed by atoms with Gasteiger partial charge in [-0.25, -0.2) is 9.37 Å². The minimum Gasteiger partial charge on any atom is -0.432 e. The number of nitrogens with zero attached hydrogens (tertiary/aromatic N) is 3. The Bertz CT molecular complexity index is 1130. The summed E-state index contributed by atoms with van der Waals surface area (Å²) in [6.45, 7) is 1.96. The first-order chi connectivity index (χ1) is 14.6. The Hall–Kier alpha value is -4.00. The Morgan fingerprint density at radius 2 is 1.97 bits per heavy atom. The van der Waals surface area contributed by atoms with Gasteiger partial charge in [-0.2, -0.15) is 0 Å². The maximum atomic E-state index is 13.1. The minimum atomic E-state index is -0.329. The molecule has 0 atom stereocenters. The van der Waals surface area contributed by atoms with Gasteiger partial charge in [0.15, 0.2) is 0 Å². The quantitative estimate of drug-likeness (QED) is 0.482. The summed E-state index contributed by atoms with van der Waals surface area (Å²) in [4.78, 5) is 22.8. The van der Waals surface area contributed by atoms with E-state index in [0.29, 0.717) is 11.7 Å². The molecule has 30 heavy (non-hydrogen) atoms. The molecule has 0 saturated heterocycles. The summed E-state index contributed by atoms with van der Waals surface area (Å²) >= 11 is 0. The summed E-state index contributed by atoms with van der Waals surface area (Å²) in [5, 5.41) is 2.90. The zero-order valence-electron chi connectivity index (χ0n) is 16.2. The molecule has 0 fully saturated rings. The third-order valence-electron chi connectivity index (χ3n) is 4.53. The number of halogens is 1. The molecule has 4 rings (SSSR count). The maximum Gasteiger partial charge on any atom is 0.306 e. The molecule has 0 radical (unpaired) electrons. The maximum absolute atomic E-state index is 13.1. The number of benzene rings is 2. The SMILES string of the molecule is Cc1ccc(NC(=O)Cc2ccc(F)cc2)cc1N(c1cccnc1)c1ncco1. The number of anilines is 4. The van der Waals surface area contributed by atoms with Crippen molar-refractivity contribution >= 4 is 29.0 Å². The Morgan fingerprint density at radius 1 is 1.13 bits per heavy atom. The first-order valence-electron chi connectivity index (χ1n) is 9.35. The third-order valence-corrected chi connectivity index (χ3v) is 4.53. The van der Waals surface area contributed by atoms with Gasteiger partial charge in [0.05, 0.1) is 30.2 Å². The average molecular weight is 402 g/mol. The van der Waals surface area contributed by atoms with Crippen LogP contribution in [0.15, 0.2) is 83.9 Å². The van der Waals surface area contributed by atoms with Gasteiger partial charge in [-0.3, -0.25) is 14.7 Å². The van der Waals surface area contributed by atoms with E-state index in [2.05, 4.69) is 15.3 Å². The molecule has 0 aliphatic heterocycles. The van der Waals surface area contributed by atoms with Gasteiger partial charge in [-0.05, 0) is 54.4 Å². The topological polar surface area (TPSA) is 71.3 Å². The summed E-state index contributed by atoms with van der Waals surface area (Å²) in [5.74, 6) is -0.523. The standard InChI is InChI=1S/C23H19FN4O2/c1-16-4-9-19(27-22(29)13-17-5-7-18(24)8-6-17)14-21(16)28(23-26-11-12-30-23)20-3-2-10-25-15-20/h2-12,14-15H,13H2,1H3,(H,27,29). The van der Waals surface area contributed by atoms with Crippen LogP contribution < -0.4 is 10.2 Å². The lowest BCUT2D eigenvalue weighted by Gasteiger charge is -2.23. The van der Waals surface area contributed by atoms with Gasteiger partial charge in [0, 0.05) is 11.9 Å². The van der Waals surface area contributed by atoms with Crippen molar-refractivity contribution in [3.05, 3.63) is 96.4 Å². The van der Waals surface area contributed by atoms with Crippen LogP contribution in [0.3, 0.4) is 0 Å². The highest BCUT2D eigenvalue weighted by Crippen LogP contribution is 2.36. The molecule has 150 valence electrons. The minimum absolute atomic E-state index is 0.148. The average Bonchev–Trinajstić information content (AvgIpc) is 3.27. The molecule has 0 unspecified atom stereocenters. The molecular weight excluding hydrogens is 383 g/mol. The fourth-order valence-electron chi connectivity index (χ4n) is 3.09. The van der Waals surface area contributed by atoms with Gasteiger partial charge in [0.1, 0.15) is 12.1 Å². The second-order valence-electron chi connectivity index (χ2n) is 6.71. The van der Waals surface area contributed by atoms with Crippen molar-refractivity contribution in [3.63, 3.8) is 0 Å². The van der Waals surface area contributed by atoms with E-state index in [1.165, 1.54) is 18.4 Å². The smallest absolute Gasteiger partial charge is 0.306 e. The molecule has 1 amide bonds. The van der Waals surface area contributed by atoms with E-state index >= 15 is 0 Å². The van der Waals surface area contributed by atoms with Gasteiger partial charge < -0.3 is 9.73 Å². The monoisotopic (exact) mass is 402 g/mol. The second kappa shape index (κ2) is 8.57. The Morgan fingerprint density at radius 3 is 2.67 bits per heavy atom. The molecule has 0 bridgehead atoms. The fourth-order valence-corrected chi connectivity index (χ4v) is 3.09.